The van der Waals surface area contributed by atoms with Gasteiger partial charge in [-0.15, -0.1) is 11.3 Å². The number of likely N-dealkylation sites (N-methyl/N-ethyl adjacent to an activating group) is 1. The number of aromatic nitrogens is 1. The number of carbonyl (C=O) groups excluding carboxylic acids is 1. The van der Waals surface area contributed by atoms with Crippen molar-refractivity contribution in [2.75, 3.05) is 33.1 Å². The number of carbonyl (C=O) groups is 1. The van der Waals surface area contributed by atoms with Crippen LogP contribution in [-0.2, 0) is 5.41 Å². The van der Waals surface area contributed by atoms with Crippen LogP contribution in [0.4, 0.5) is 10.5 Å². The van der Waals surface area contributed by atoms with E-state index in [-0.39, 0.29) is 17.5 Å². The topological polar surface area (TPSA) is 75.7 Å². The first-order valence-corrected chi connectivity index (χ1v) is 12.6. The van der Waals surface area contributed by atoms with E-state index >= 15 is 0 Å². The summed E-state index contributed by atoms with van der Waals surface area (Å²) in [6, 6.07) is 12.6. The molecule has 2 aliphatic rings. The number of likely N-dealkylation sites (tertiary alicyclic amines) is 1. The van der Waals surface area contributed by atoms with Gasteiger partial charge in [0.15, 0.2) is 11.5 Å². The summed E-state index contributed by atoms with van der Waals surface area (Å²) in [5.41, 5.74) is 3.06. The highest BCUT2D eigenvalue weighted by molar-refractivity contribution is 7.18. The summed E-state index contributed by atoms with van der Waals surface area (Å²) in [6.07, 6.45) is 3.99. The number of hydrogen-bond donors (Lipinski definition) is 2. The van der Waals surface area contributed by atoms with Crippen LogP contribution >= 0.6 is 11.3 Å². The summed E-state index contributed by atoms with van der Waals surface area (Å²) >= 11 is 1.66. The quantitative estimate of drug-likeness (QED) is 0.541. The number of aryl methyl sites for hydroxylation is 1. The van der Waals surface area contributed by atoms with Crippen molar-refractivity contribution in [2.45, 2.75) is 50.1 Å². The van der Waals surface area contributed by atoms with Crippen LogP contribution in [0.5, 0.6) is 11.5 Å². The summed E-state index contributed by atoms with van der Waals surface area (Å²) in [6.45, 7) is 3.04. The lowest BCUT2D eigenvalue weighted by atomic mass is 9.65. The Kier molecular flexibility index (Phi) is 6.12. The van der Waals surface area contributed by atoms with Crippen molar-refractivity contribution in [2.24, 2.45) is 0 Å². The van der Waals surface area contributed by atoms with E-state index in [1.807, 2.05) is 31.2 Å². The van der Waals surface area contributed by atoms with Gasteiger partial charge in [-0.1, -0.05) is 6.07 Å². The molecule has 8 heteroatoms. The van der Waals surface area contributed by atoms with E-state index in [2.05, 4.69) is 39.7 Å². The van der Waals surface area contributed by atoms with Gasteiger partial charge in [0.25, 0.3) is 0 Å². The highest BCUT2D eigenvalue weighted by Gasteiger charge is 2.50. The van der Waals surface area contributed by atoms with Gasteiger partial charge in [0.2, 0.25) is 0 Å². The third-order valence-electron chi connectivity index (χ3n) is 7.57. The molecule has 0 bridgehead atoms. The van der Waals surface area contributed by atoms with Gasteiger partial charge in [-0.25, -0.2) is 9.78 Å². The Bertz CT molecular complexity index is 1210. The molecule has 2 amide bonds. The number of anilines is 1. The number of amides is 2. The SMILES string of the molecule is COc1ccc(C23CCC(NC(=O)Nc4ccc5sc(C)nc5c4)CC2N(C)CC3)cc1OC. The number of urea groups is 1. The second-order valence-corrected chi connectivity index (χ2v) is 10.7. The Morgan fingerprint density at radius 1 is 1.15 bits per heavy atom. The highest BCUT2D eigenvalue weighted by Crippen LogP contribution is 2.49. The van der Waals surface area contributed by atoms with Gasteiger partial charge in [-0.3, -0.25) is 0 Å². The van der Waals surface area contributed by atoms with Crippen molar-refractivity contribution in [1.29, 1.82) is 0 Å². The van der Waals surface area contributed by atoms with Crippen LogP contribution < -0.4 is 20.1 Å². The van der Waals surface area contributed by atoms with E-state index in [9.17, 15) is 4.79 Å². The fourth-order valence-electron chi connectivity index (χ4n) is 5.87. The highest BCUT2D eigenvalue weighted by atomic mass is 32.1. The molecule has 1 saturated heterocycles. The molecule has 3 atom stereocenters. The van der Waals surface area contributed by atoms with Gasteiger partial charge in [0, 0.05) is 23.2 Å². The normalized spacial score (nSPS) is 24.6. The molecule has 3 aromatic rings. The lowest BCUT2D eigenvalue weighted by Crippen LogP contribution is -2.52. The predicted octanol–water partition coefficient (Wildman–Crippen LogP) is 4.94. The van der Waals surface area contributed by atoms with Crippen molar-refractivity contribution in [3.05, 3.63) is 47.0 Å². The van der Waals surface area contributed by atoms with E-state index in [1.165, 1.54) is 5.56 Å². The average molecular weight is 481 g/mol. The largest absolute Gasteiger partial charge is 0.493 e. The van der Waals surface area contributed by atoms with E-state index in [0.717, 1.165) is 64.6 Å². The maximum atomic E-state index is 12.8. The van der Waals surface area contributed by atoms with Crippen LogP contribution in [0.15, 0.2) is 36.4 Å². The Hall–Kier alpha value is -2.84. The summed E-state index contributed by atoms with van der Waals surface area (Å²) in [4.78, 5) is 19.8. The van der Waals surface area contributed by atoms with Crippen molar-refractivity contribution in [3.63, 3.8) is 0 Å². The Morgan fingerprint density at radius 2 is 1.97 bits per heavy atom. The summed E-state index contributed by atoms with van der Waals surface area (Å²) in [5, 5.41) is 7.25. The molecular weight excluding hydrogens is 448 g/mol. The minimum atomic E-state index is -0.157. The number of nitrogens with zero attached hydrogens (tertiary/aromatic N) is 2. The molecule has 1 saturated carbocycles. The van der Waals surface area contributed by atoms with E-state index in [0.29, 0.717) is 6.04 Å². The molecule has 180 valence electrons. The lowest BCUT2D eigenvalue weighted by Gasteiger charge is -2.45. The van der Waals surface area contributed by atoms with E-state index < -0.39 is 0 Å². The molecule has 34 heavy (non-hydrogen) atoms. The average Bonchev–Trinajstić information content (AvgIpc) is 3.37. The molecule has 3 unspecified atom stereocenters. The van der Waals surface area contributed by atoms with Crippen LogP contribution in [-0.4, -0.2) is 55.8 Å². The molecule has 2 N–H and O–H groups in total. The number of benzene rings is 2. The Labute approximate surface area is 204 Å². The molecule has 2 heterocycles. The van der Waals surface area contributed by atoms with Crippen molar-refractivity contribution < 1.29 is 14.3 Å². The molecule has 2 aromatic carbocycles. The van der Waals surface area contributed by atoms with Gasteiger partial charge in [-0.2, -0.15) is 0 Å². The lowest BCUT2D eigenvalue weighted by molar-refractivity contribution is 0.156. The van der Waals surface area contributed by atoms with E-state index in [1.54, 1.807) is 25.6 Å². The molecular formula is C26H32N4O3S. The zero-order valence-corrected chi connectivity index (χ0v) is 21.0. The van der Waals surface area contributed by atoms with Crippen molar-refractivity contribution in [3.8, 4) is 11.5 Å². The number of nitrogens with one attached hydrogen (secondary N) is 2. The zero-order chi connectivity index (χ0) is 23.9. The van der Waals surface area contributed by atoms with Crippen LogP contribution in [0.1, 0.15) is 36.3 Å². The number of thiazole rings is 1. The van der Waals surface area contributed by atoms with Gasteiger partial charge >= 0.3 is 6.03 Å². The van der Waals surface area contributed by atoms with Gasteiger partial charge in [0.05, 0.1) is 29.4 Å². The van der Waals surface area contributed by atoms with Gasteiger partial charge in [0.1, 0.15) is 0 Å². The maximum absolute atomic E-state index is 12.8. The van der Waals surface area contributed by atoms with Crippen LogP contribution in [0.25, 0.3) is 10.2 Å². The molecule has 2 fully saturated rings. The van der Waals surface area contributed by atoms with Crippen LogP contribution in [0.3, 0.4) is 0 Å². The maximum Gasteiger partial charge on any atom is 0.319 e. The Balaban J connectivity index is 1.29. The molecule has 1 aliphatic heterocycles. The monoisotopic (exact) mass is 480 g/mol. The van der Waals surface area contributed by atoms with Gasteiger partial charge in [-0.05, 0) is 82.1 Å². The Morgan fingerprint density at radius 3 is 2.76 bits per heavy atom. The standard InChI is InChI=1S/C26H32N4O3S/c1-16-27-20-14-18(6-8-23(20)34-16)28-25(31)29-19-9-10-26(11-12-30(2)24(26)15-19)17-5-7-21(32-3)22(13-17)33-4/h5-8,13-14,19,24H,9-12,15H2,1-4H3,(H2,28,29,31). The second kappa shape index (κ2) is 9.07. The van der Waals surface area contributed by atoms with Crippen LogP contribution in [0.2, 0.25) is 0 Å². The predicted molar refractivity (Wildman–Crippen MR) is 136 cm³/mol. The minimum absolute atomic E-state index is 0.0659. The minimum Gasteiger partial charge on any atom is -0.493 e. The number of ether oxygens (including phenoxy) is 2. The molecule has 0 spiro atoms. The van der Waals surface area contributed by atoms with Gasteiger partial charge < -0.3 is 25.0 Å². The number of rotatable bonds is 5. The molecule has 7 nitrogen and oxygen atoms in total. The third kappa shape index (κ3) is 4.09. The first kappa shape index (κ1) is 22.9. The molecule has 5 rings (SSSR count). The fourth-order valence-corrected chi connectivity index (χ4v) is 6.67. The zero-order valence-electron chi connectivity index (χ0n) is 20.2. The first-order valence-electron chi connectivity index (χ1n) is 11.8. The van der Waals surface area contributed by atoms with Crippen molar-refractivity contribution in [1.82, 2.24) is 15.2 Å². The number of hydrogen-bond acceptors (Lipinski definition) is 6. The molecule has 1 aliphatic carbocycles. The van der Waals surface area contributed by atoms with Crippen molar-refractivity contribution >= 4 is 33.3 Å². The number of fused-ring (bicyclic) bond motifs is 2. The molecule has 0 radical (unpaired) electrons. The number of methoxy groups -OCH3 is 2. The van der Waals surface area contributed by atoms with E-state index in [4.69, 9.17) is 9.47 Å². The smallest absolute Gasteiger partial charge is 0.319 e. The summed E-state index contributed by atoms with van der Waals surface area (Å²) in [7, 11) is 5.55. The third-order valence-corrected chi connectivity index (χ3v) is 8.53. The van der Waals surface area contributed by atoms with Crippen LogP contribution in [0, 0.1) is 6.92 Å². The molecule has 1 aromatic heterocycles. The fraction of sp³-hybridized carbons (Fsp3) is 0.462. The first-order chi connectivity index (χ1) is 16.4. The second-order valence-electron chi connectivity index (χ2n) is 9.46. The summed E-state index contributed by atoms with van der Waals surface area (Å²) in [5.74, 6) is 1.53. The summed E-state index contributed by atoms with van der Waals surface area (Å²) < 4.78 is 12.2.